The first-order valence-electron chi connectivity index (χ1n) is 5.30. The maximum absolute atomic E-state index is 11.8. The number of rotatable bonds is 3. The van der Waals surface area contributed by atoms with Crippen molar-refractivity contribution in [3.63, 3.8) is 0 Å². The van der Waals surface area contributed by atoms with Gasteiger partial charge in [0.2, 0.25) is 5.76 Å². The minimum Gasteiger partial charge on any atom is -0.495 e. The van der Waals surface area contributed by atoms with Gasteiger partial charge in [0.25, 0.3) is 5.91 Å². The second kappa shape index (κ2) is 5.64. The molecule has 1 amide bonds. The lowest BCUT2D eigenvalue weighted by atomic mass is 10.3. The summed E-state index contributed by atoms with van der Waals surface area (Å²) in [6, 6.07) is 4.96. The van der Waals surface area contributed by atoms with Crippen molar-refractivity contribution in [3.05, 3.63) is 35.2 Å². The summed E-state index contributed by atoms with van der Waals surface area (Å²) in [6.45, 7) is 0.813. The molecule has 1 heterocycles. The zero-order chi connectivity index (χ0) is 13.0. The van der Waals surface area contributed by atoms with Gasteiger partial charge in [-0.3, -0.25) is 4.79 Å². The van der Waals surface area contributed by atoms with E-state index in [0.717, 1.165) is 0 Å². The van der Waals surface area contributed by atoms with Crippen LogP contribution in [0.25, 0.3) is 0 Å². The molecular formula is C12H12ClNO4. The van der Waals surface area contributed by atoms with E-state index in [1.165, 1.54) is 13.4 Å². The number of carbonyl (C=O) groups excluding carboxylic acids is 1. The van der Waals surface area contributed by atoms with E-state index in [0.29, 0.717) is 29.7 Å². The molecule has 0 fully saturated rings. The van der Waals surface area contributed by atoms with Crippen LogP contribution in [0.5, 0.6) is 5.75 Å². The maximum Gasteiger partial charge on any atom is 0.294 e. The van der Waals surface area contributed by atoms with Crippen LogP contribution in [0.3, 0.4) is 0 Å². The van der Waals surface area contributed by atoms with Crippen LogP contribution >= 0.6 is 11.6 Å². The van der Waals surface area contributed by atoms with Crippen molar-refractivity contribution in [3.8, 4) is 5.75 Å². The van der Waals surface area contributed by atoms with E-state index in [1.807, 2.05) is 0 Å². The number of halogens is 1. The lowest BCUT2D eigenvalue weighted by Crippen LogP contribution is -2.21. The Bertz CT molecular complexity index is 487. The van der Waals surface area contributed by atoms with E-state index in [-0.39, 0.29) is 11.7 Å². The van der Waals surface area contributed by atoms with Crippen molar-refractivity contribution in [2.45, 2.75) is 0 Å². The molecule has 0 aliphatic carbocycles. The zero-order valence-electron chi connectivity index (χ0n) is 9.73. The molecular weight excluding hydrogens is 258 g/mol. The Morgan fingerprint density at radius 1 is 1.44 bits per heavy atom. The Balaban J connectivity index is 2.07. The number of nitrogens with one attached hydrogen (secondary N) is 1. The van der Waals surface area contributed by atoms with Gasteiger partial charge >= 0.3 is 0 Å². The molecule has 6 heteroatoms. The molecule has 0 atom stereocenters. The third kappa shape index (κ3) is 2.87. The highest BCUT2D eigenvalue weighted by atomic mass is 35.5. The van der Waals surface area contributed by atoms with E-state index in [1.54, 1.807) is 18.2 Å². The minimum atomic E-state index is -0.379. The van der Waals surface area contributed by atoms with E-state index in [9.17, 15) is 4.79 Å². The van der Waals surface area contributed by atoms with Crippen LogP contribution in [0, 0.1) is 0 Å². The van der Waals surface area contributed by atoms with Gasteiger partial charge < -0.3 is 19.5 Å². The fraction of sp³-hybridized carbons (Fsp3) is 0.250. The molecule has 0 spiro atoms. The topological polar surface area (TPSA) is 56.8 Å². The summed E-state index contributed by atoms with van der Waals surface area (Å²) >= 11 is 5.95. The quantitative estimate of drug-likeness (QED) is 0.914. The van der Waals surface area contributed by atoms with Gasteiger partial charge in [0, 0.05) is 5.69 Å². The highest BCUT2D eigenvalue weighted by Gasteiger charge is 2.15. The average Bonchev–Trinajstić information content (AvgIpc) is 2.40. The number of carbonyl (C=O) groups is 1. The van der Waals surface area contributed by atoms with Crippen molar-refractivity contribution in [2.75, 3.05) is 25.6 Å². The molecule has 0 unspecified atom stereocenters. The van der Waals surface area contributed by atoms with Gasteiger partial charge in [-0.1, -0.05) is 11.6 Å². The summed E-state index contributed by atoms with van der Waals surface area (Å²) in [6.07, 6.45) is 1.30. The minimum absolute atomic E-state index is 0.146. The van der Waals surface area contributed by atoms with Crippen LogP contribution in [0.1, 0.15) is 0 Å². The summed E-state index contributed by atoms with van der Waals surface area (Å²) in [7, 11) is 1.53. The van der Waals surface area contributed by atoms with Crippen molar-refractivity contribution in [1.82, 2.24) is 0 Å². The molecule has 2 rings (SSSR count). The predicted molar refractivity (Wildman–Crippen MR) is 66.6 cm³/mol. The number of amides is 1. The number of methoxy groups -OCH3 is 1. The van der Waals surface area contributed by atoms with Gasteiger partial charge in [-0.05, 0) is 18.2 Å². The van der Waals surface area contributed by atoms with Crippen LogP contribution in [0.15, 0.2) is 30.2 Å². The van der Waals surface area contributed by atoms with Crippen LogP contribution in [0.2, 0.25) is 5.02 Å². The van der Waals surface area contributed by atoms with Crippen molar-refractivity contribution in [2.24, 2.45) is 0 Å². The van der Waals surface area contributed by atoms with E-state index < -0.39 is 0 Å². The molecule has 18 heavy (non-hydrogen) atoms. The van der Waals surface area contributed by atoms with Crippen LogP contribution < -0.4 is 10.1 Å². The Morgan fingerprint density at radius 3 is 2.89 bits per heavy atom. The first-order chi connectivity index (χ1) is 8.70. The molecule has 0 aromatic heterocycles. The third-order valence-corrected chi connectivity index (χ3v) is 2.58. The number of benzene rings is 1. The summed E-state index contributed by atoms with van der Waals surface area (Å²) in [4.78, 5) is 11.8. The van der Waals surface area contributed by atoms with Gasteiger partial charge in [0.1, 0.15) is 25.2 Å². The molecule has 1 aromatic rings. The average molecular weight is 270 g/mol. The molecule has 0 saturated heterocycles. The molecule has 5 nitrogen and oxygen atoms in total. The molecule has 0 radical (unpaired) electrons. The van der Waals surface area contributed by atoms with E-state index in [2.05, 4.69) is 5.32 Å². The molecule has 0 bridgehead atoms. The standard InChI is InChI=1S/C12H12ClNO4/c1-16-10-3-2-8(6-9(10)13)14-12(15)11-7-17-4-5-18-11/h2-3,6-7H,4-5H2,1H3,(H,14,15). The van der Waals surface area contributed by atoms with Crippen LogP contribution in [-0.2, 0) is 14.3 Å². The maximum atomic E-state index is 11.8. The number of anilines is 1. The number of ether oxygens (including phenoxy) is 3. The Morgan fingerprint density at radius 2 is 2.28 bits per heavy atom. The Kier molecular flexibility index (Phi) is 3.94. The monoisotopic (exact) mass is 269 g/mol. The number of hydrogen-bond donors (Lipinski definition) is 1. The zero-order valence-corrected chi connectivity index (χ0v) is 10.5. The molecule has 96 valence electrons. The fourth-order valence-electron chi connectivity index (χ4n) is 1.42. The SMILES string of the molecule is COc1ccc(NC(=O)C2=COCCO2)cc1Cl. The smallest absolute Gasteiger partial charge is 0.294 e. The van der Waals surface area contributed by atoms with Gasteiger partial charge in [-0.2, -0.15) is 0 Å². The highest BCUT2D eigenvalue weighted by Crippen LogP contribution is 2.27. The Hall–Kier alpha value is -1.88. The fourth-order valence-corrected chi connectivity index (χ4v) is 1.68. The van der Waals surface area contributed by atoms with Crippen molar-refractivity contribution < 1.29 is 19.0 Å². The van der Waals surface area contributed by atoms with Gasteiger partial charge in [-0.15, -0.1) is 0 Å². The van der Waals surface area contributed by atoms with Gasteiger partial charge in [0.05, 0.1) is 12.1 Å². The van der Waals surface area contributed by atoms with E-state index >= 15 is 0 Å². The summed E-state index contributed by atoms with van der Waals surface area (Å²) in [5, 5.41) is 3.07. The second-order valence-corrected chi connectivity index (χ2v) is 3.91. The Labute approximate surface area is 109 Å². The first-order valence-corrected chi connectivity index (χ1v) is 5.68. The molecule has 1 aliphatic rings. The lowest BCUT2D eigenvalue weighted by Gasteiger charge is -2.15. The van der Waals surface area contributed by atoms with Gasteiger partial charge in [0.15, 0.2) is 0 Å². The number of hydrogen-bond acceptors (Lipinski definition) is 4. The van der Waals surface area contributed by atoms with E-state index in [4.69, 9.17) is 25.8 Å². The normalized spacial score (nSPS) is 14.0. The van der Waals surface area contributed by atoms with Crippen LogP contribution in [-0.4, -0.2) is 26.2 Å². The largest absolute Gasteiger partial charge is 0.495 e. The molecule has 1 N–H and O–H groups in total. The van der Waals surface area contributed by atoms with Crippen molar-refractivity contribution >= 4 is 23.2 Å². The highest BCUT2D eigenvalue weighted by molar-refractivity contribution is 6.32. The van der Waals surface area contributed by atoms with Gasteiger partial charge in [-0.25, -0.2) is 0 Å². The third-order valence-electron chi connectivity index (χ3n) is 2.28. The summed E-state index contributed by atoms with van der Waals surface area (Å²) in [5.41, 5.74) is 0.556. The predicted octanol–water partition coefficient (Wildman–Crippen LogP) is 2.18. The summed E-state index contributed by atoms with van der Waals surface area (Å²) in [5.74, 6) is 0.315. The summed E-state index contributed by atoms with van der Waals surface area (Å²) < 4.78 is 15.2. The molecule has 1 aromatic carbocycles. The molecule has 0 saturated carbocycles. The lowest BCUT2D eigenvalue weighted by molar-refractivity contribution is -0.117. The second-order valence-electron chi connectivity index (χ2n) is 3.50. The molecule has 1 aliphatic heterocycles. The first kappa shape index (κ1) is 12.6. The van der Waals surface area contributed by atoms with Crippen LogP contribution in [0.4, 0.5) is 5.69 Å². The van der Waals surface area contributed by atoms with Crippen molar-refractivity contribution in [1.29, 1.82) is 0 Å².